The van der Waals surface area contributed by atoms with Crippen molar-refractivity contribution >= 4 is 5.91 Å². The first-order chi connectivity index (χ1) is 13.7. The Morgan fingerprint density at radius 1 is 0.857 bits per heavy atom. The second kappa shape index (κ2) is 13.8. The van der Waals surface area contributed by atoms with Gasteiger partial charge in [-0.25, -0.2) is 5.06 Å². The molecule has 1 aliphatic heterocycles. The highest BCUT2D eigenvalue weighted by Gasteiger charge is 2.33. The lowest BCUT2D eigenvalue weighted by atomic mass is 9.84. The summed E-state index contributed by atoms with van der Waals surface area (Å²) in [5.74, 6) is 0.128. The predicted octanol–water partition coefficient (Wildman–Crippen LogP) is 7.24. The molecule has 1 aromatic rings. The maximum absolute atomic E-state index is 12.2. The van der Waals surface area contributed by atoms with Crippen LogP contribution in [0.5, 0.6) is 0 Å². The summed E-state index contributed by atoms with van der Waals surface area (Å²) < 4.78 is 0. The summed E-state index contributed by atoms with van der Waals surface area (Å²) in [5, 5.41) is 11.2. The molecule has 2 atom stereocenters. The largest absolute Gasteiger partial charge is 0.286 e. The van der Waals surface area contributed by atoms with Gasteiger partial charge < -0.3 is 0 Å². The van der Waals surface area contributed by atoms with Gasteiger partial charge >= 0.3 is 0 Å². The Bertz CT molecular complexity index is 531. The van der Waals surface area contributed by atoms with Crippen molar-refractivity contribution in [1.29, 1.82) is 0 Å². The third-order valence-electron chi connectivity index (χ3n) is 6.24. The Kier molecular flexibility index (Phi) is 11.3. The van der Waals surface area contributed by atoms with E-state index in [1.165, 1.54) is 76.2 Å². The molecule has 1 aliphatic rings. The topological polar surface area (TPSA) is 40.5 Å². The van der Waals surface area contributed by atoms with Crippen LogP contribution in [0.15, 0.2) is 30.3 Å². The first-order valence-corrected chi connectivity index (χ1v) is 11.8. The van der Waals surface area contributed by atoms with Crippen LogP contribution in [-0.2, 0) is 4.79 Å². The fourth-order valence-corrected chi connectivity index (χ4v) is 4.46. The van der Waals surface area contributed by atoms with Crippen molar-refractivity contribution in [2.75, 3.05) is 0 Å². The second-order valence-corrected chi connectivity index (χ2v) is 8.62. The van der Waals surface area contributed by atoms with Crippen LogP contribution in [0, 0.1) is 0 Å². The highest BCUT2D eigenvalue weighted by atomic mass is 16.5. The van der Waals surface area contributed by atoms with E-state index < -0.39 is 0 Å². The van der Waals surface area contributed by atoms with E-state index in [4.69, 9.17) is 0 Å². The van der Waals surface area contributed by atoms with Gasteiger partial charge in [0.05, 0.1) is 6.04 Å². The molecule has 28 heavy (non-hydrogen) atoms. The molecular weight excluding hydrogens is 346 g/mol. The van der Waals surface area contributed by atoms with E-state index in [1.807, 2.05) is 18.2 Å². The zero-order valence-corrected chi connectivity index (χ0v) is 18.0. The average Bonchev–Trinajstić information content (AvgIpc) is 2.72. The minimum Gasteiger partial charge on any atom is -0.286 e. The lowest BCUT2D eigenvalue weighted by Crippen LogP contribution is -2.43. The molecule has 158 valence electrons. The van der Waals surface area contributed by atoms with E-state index in [0.29, 0.717) is 6.42 Å². The molecule has 0 radical (unpaired) electrons. The molecule has 0 saturated carbocycles. The molecule has 0 spiro atoms. The van der Waals surface area contributed by atoms with Gasteiger partial charge in [0.15, 0.2) is 0 Å². The third-order valence-corrected chi connectivity index (χ3v) is 6.24. The molecule has 1 aromatic carbocycles. The van der Waals surface area contributed by atoms with E-state index in [1.54, 1.807) is 0 Å². The summed E-state index contributed by atoms with van der Waals surface area (Å²) in [7, 11) is 0. The van der Waals surface area contributed by atoms with E-state index in [-0.39, 0.29) is 17.9 Å². The SMILES string of the molecule is CCCCCCCCCCCCCC[C@H]1C[C@@H](c2ccccc2)CC(=O)N1O. The van der Waals surface area contributed by atoms with Crippen LogP contribution in [0.4, 0.5) is 0 Å². The Balaban J connectivity index is 1.54. The molecular formula is C25H41NO2. The van der Waals surface area contributed by atoms with Crippen LogP contribution in [0.1, 0.15) is 115 Å². The van der Waals surface area contributed by atoms with Crippen LogP contribution in [0.2, 0.25) is 0 Å². The van der Waals surface area contributed by atoms with Gasteiger partial charge in [-0.15, -0.1) is 0 Å². The standard InChI is InChI=1S/C25H41NO2/c1-2-3-4-5-6-7-8-9-10-11-12-16-19-24-20-23(21-25(27)26(24)28)22-17-14-13-15-18-22/h13-15,17-18,23-24,28H,2-12,16,19-21H2,1H3/t23-,24+/m1/s1. The maximum Gasteiger partial charge on any atom is 0.246 e. The number of rotatable bonds is 14. The van der Waals surface area contributed by atoms with Gasteiger partial charge in [-0.3, -0.25) is 10.0 Å². The zero-order chi connectivity index (χ0) is 20.0. The van der Waals surface area contributed by atoms with Gasteiger partial charge in [-0.05, 0) is 24.3 Å². The number of amides is 1. The monoisotopic (exact) mass is 387 g/mol. The van der Waals surface area contributed by atoms with Crippen LogP contribution in [0.25, 0.3) is 0 Å². The number of hydrogen-bond donors (Lipinski definition) is 1. The van der Waals surface area contributed by atoms with E-state index >= 15 is 0 Å². The average molecular weight is 388 g/mol. The van der Waals surface area contributed by atoms with Crippen molar-refractivity contribution in [3.63, 3.8) is 0 Å². The number of benzene rings is 1. The van der Waals surface area contributed by atoms with Gasteiger partial charge in [-0.1, -0.05) is 114 Å². The van der Waals surface area contributed by atoms with Crippen molar-refractivity contribution in [2.45, 2.75) is 115 Å². The number of nitrogens with zero attached hydrogens (tertiary/aromatic N) is 1. The fraction of sp³-hybridized carbons (Fsp3) is 0.720. The quantitative estimate of drug-likeness (QED) is 0.270. The molecule has 1 heterocycles. The summed E-state index contributed by atoms with van der Waals surface area (Å²) in [6.07, 6.45) is 18.2. The summed E-state index contributed by atoms with van der Waals surface area (Å²) in [5.41, 5.74) is 1.23. The predicted molar refractivity (Wildman–Crippen MR) is 117 cm³/mol. The van der Waals surface area contributed by atoms with E-state index in [0.717, 1.165) is 24.3 Å². The van der Waals surface area contributed by atoms with Crippen LogP contribution >= 0.6 is 0 Å². The van der Waals surface area contributed by atoms with Gasteiger partial charge in [0.2, 0.25) is 5.91 Å². The van der Waals surface area contributed by atoms with Crippen LogP contribution in [-0.4, -0.2) is 22.2 Å². The molecule has 3 nitrogen and oxygen atoms in total. The van der Waals surface area contributed by atoms with Gasteiger partial charge in [0.25, 0.3) is 0 Å². The first-order valence-electron chi connectivity index (χ1n) is 11.8. The Hall–Kier alpha value is -1.35. The molecule has 1 saturated heterocycles. The Morgan fingerprint density at radius 3 is 1.96 bits per heavy atom. The summed E-state index contributed by atoms with van der Waals surface area (Å²) >= 11 is 0. The third kappa shape index (κ3) is 8.34. The summed E-state index contributed by atoms with van der Waals surface area (Å²) in [6, 6.07) is 10.3. The molecule has 0 aliphatic carbocycles. The second-order valence-electron chi connectivity index (χ2n) is 8.62. The minimum absolute atomic E-state index is 0.0189. The molecule has 1 fully saturated rings. The first kappa shape index (κ1) is 22.9. The highest BCUT2D eigenvalue weighted by Crippen LogP contribution is 2.33. The Morgan fingerprint density at radius 2 is 1.39 bits per heavy atom. The highest BCUT2D eigenvalue weighted by molar-refractivity contribution is 5.77. The molecule has 0 aromatic heterocycles. The number of carbonyl (C=O) groups excluding carboxylic acids is 1. The number of hydroxylamine groups is 2. The number of unbranched alkanes of at least 4 members (excludes halogenated alkanes) is 11. The van der Waals surface area contributed by atoms with Crippen LogP contribution in [0.3, 0.4) is 0 Å². The van der Waals surface area contributed by atoms with Crippen molar-refractivity contribution in [3.05, 3.63) is 35.9 Å². The fourth-order valence-electron chi connectivity index (χ4n) is 4.46. The van der Waals surface area contributed by atoms with E-state index in [9.17, 15) is 10.0 Å². The summed E-state index contributed by atoms with van der Waals surface area (Å²) in [6.45, 7) is 2.27. The number of hydrogen-bond acceptors (Lipinski definition) is 2. The normalized spacial score (nSPS) is 19.9. The van der Waals surface area contributed by atoms with Gasteiger partial charge in [-0.2, -0.15) is 0 Å². The zero-order valence-electron chi connectivity index (χ0n) is 18.0. The van der Waals surface area contributed by atoms with Crippen molar-refractivity contribution in [3.8, 4) is 0 Å². The molecule has 0 unspecified atom stereocenters. The smallest absolute Gasteiger partial charge is 0.246 e. The van der Waals surface area contributed by atoms with Crippen molar-refractivity contribution in [2.24, 2.45) is 0 Å². The van der Waals surface area contributed by atoms with Gasteiger partial charge in [0, 0.05) is 6.42 Å². The summed E-state index contributed by atoms with van der Waals surface area (Å²) in [4.78, 5) is 12.2. The number of carbonyl (C=O) groups is 1. The molecule has 1 amide bonds. The molecule has 2 rings (SSSR count). The van der Waals surface area contributed by atoms with Crippen LogP contribution < -0.4 is 0 Å². The molecule has 0 bridgehead atoms. The van der Waals surface area contributed by atoms with E-state index in [2.05, 4.69) is 19.1 Å². The van der Waals surface area contributed by atoms with Gasteiger partial charge in [0.1, 0.15) is 0 Å². The Labute approximate surface area is 172 Å². The minimum atomic E-state index is -0.121. The molecule has 3 heteroatoms. The molecule has 1 N–H and O–H groups in total. The van der Waals surface area contributed by atoms with Crippen molar-refractivity contribution < 1.29 is 10.0 Å². The van der Waals surface area contributed by atoms with Crippen molar-refractivity contribution in [1.82, 2.24) is 5.06 Å². The maximum atomic E-state index is 12.2. The lowest BCUT2D eigenvalue weighted by molar-refractivity contribution is -0.184. The lowest BCUT2D eigenvalue weighted by Gasteiger charge is -2.35. The number of piperidine rings is 1.